The molecule has 1 saturated carbocycles. The molecule has 182 valence electrons. The first-order valence-corrected chi connectivity index (χ1v) is 14.7. The van der Waals surface area contributed by atoms with E-state index in [1.54, 1.807) is 19.1 Å². The normalized spacial score (nSPS) is 15.2. The van der Waals surface area contributed by atoms with Crippen molar-refractivity contribution in [2.24, 2.45) is 5.92 Å². The fourth-order valence-electron chi connectivity index (χ4n) is 3.24. The third-order valence-electron chi connectivity index (χ3n) is 5.46. The number of nitrogens with one attached hydrogen (secondary N) is 2. The van der Waals surface area contributed by atoms with Crippen molar-refractivity contribution >= 4 is 25.7 Å². The summed E-state index contributed by atoms with van der Waals surface area (Å²) in [7, 11) is -4.48. The third kappa shape index (κ3) is 10.9. The first-order valence-electron chi connectivity index (χ1n) is 11.6. The molecule has 1 aromatic carbocycles. The van der Waals surface area contributed by atoms with Gasteiger partial charge in [-0.05, 0) is 61.9 Å². The van der Waals surface area contributed by atoms with Gasteiger partial charge in [0.05, 0.1) is 25.5 Å². The smallest absolute Gasteiger partial charge is 0.319 e. The largest absolute Gasteiger partial charge is 0.490 e. The molecule has 10 heteroatoms. The molecule has 0 unspecified atom stereocenters. The zero-order chi connectivity index (χ0) is 23.4. The Hall–Kier alpha value is -1.49. The zero-order valence-electron chi connectivity index (χ0n) is 19.2. The highest BCUT2D eigenvalue weighted by molar-refractivity contribution is 7.90. The van der Waals surface area contributed by atoms with Crippen LogP contribution in [-0.4, -0.2) is 56.1 Å². The van der Waals surface area contributed by atoms with Crippen molar-refractivity contribution in [3.8, 4) is 5.75 Å². The number of rotatable bonds is 17. The van der Waals surface area contributed by atoms with E-state index in [0.29, 0.717) is 26.2 Å². The number of halogens is 1. The lowest BCUT2D eigenvalue weighted by atomic mass is 10.1. The van der Waals surface area contributed by atoms with Crippen LogP contribution >= 0.6 is 0 Å². The van der Waals surface area contributed by atoms with Crippen LogP contribution in [0.5, 0.6) is 5.75 Å². The minimum atomic E-state index is -3.32. The van der Waals surface area contributed by atoms with Gasteiger partial charge in [-0.25, -0.2) is 17.2 Å². The maximum absolute atomic E-state index is 14.0. The van der Waals surface area contributed by atoms with E-state index in [-0.39, 0.29) is 35.4 Å². The summed E-state index contributed by atoms with van der Waals surface area (Å²) >= 11 is 0. The number of hydrogen-bond donors (Lipinski definition) is 2. The Bertz CT molecular complexity index is 821. The number of carbonyl (C=O) groups excluding carboxylic acids is 1. The first kappa shape index (κ1) is 26.8. The van der Waals surface area contributed by atoms with Crippen molar-refractivity contribution in [3.63, 3.8) is 0 Å². The number of esters is 1. The van der Waals surface area contributed by atoms with Gasteiger partial charge in [0.1, 0.15) is 9.68 Å². The van der Waals surface area contributed by atoms with Crippen molar-refractivity contribution in [2.45, 2.75) is 57.9 Å². The summed E-state index contributed by atoms with van der Waals surface area (Å²) in [6.45, 7) is 5.43. The number of carbonyl (C=O) groups is 1. The molecule has 1 aromatic rings. The van der Waals surface area contributed by atoms with Gasteiger partial charge in [-0.1, -0.05) is 32.3 Å². The first-order chi connectivity index (χ1) is 15.3. The van der Waals surface area contributed by atoms with Gasteiger partial charge < -0.3 is 14.8 Å². The van der Waals surface area contributed by atoms with Crippen LogP contribution in [0.25, 0.3) is 0 Å². The highest BCUT2D eigenvalue weighted by Crippen LogP contribution is 2.32. The predicted octanol–water partition coefficient (Wildman–Crippen LogP) is 2.39. The van der Waals surface area contributed by atoms with E-state index in [2.05, 4.69) is 9.70 Å². The Labute approximate surface area is 193 Å². The van der Waals surface area contributed by atoms with Crippen molar-refractivity contribution in [1.82, 2.24) is 9.70 Å². The summed E-state index contributed by atoms with van der Waals surface area (Å²) < 4.78 is 51.9. The molecule has 0 saturated heterocycles. The van der Waals surface area contributed by atoms with Crippen LogP contribution in [0, 0.1) is 11.7 Å². The van der Waals surface area contributed by atoms with Gasteiger partial charge in [-0.15, -0.1) is 0 Å². The highest BCUT2D eigenvalue weighted by Gasteiger charge is 2.21. The maximum Gasteiger partial charge on any atom is 0.319 e. The molecule has 1 aliphatic carbocycles. The van der Waals surface area contributed by atoms with Gasteiger partial charge in [0, 0.05) is 0 Å². The van der Waals surface area contributed by atoms with E-state index in [9.17, 15) is 17.6 Å². The number of unbranched alkanes of at least 4 members (excludes halogenated alkanes) is 2. The molecule has 0 spiro atoms. The van der Waals surface area contributed by atoms with Crippen LogP contribution in [-0.2, 0) is 19.6 Å². The topological polar surface area (TPSA) is 93.7 Å². The Morgan fingerprint density at radius 3 is 2.78 bits per heavy atom. The van der Waals surface area contributed by atoms with E-state index in [1.807, 2.05) is 6.92 Å². The van der Waals surface area contributed by atoms with Crippen LogP contribution in [0.1, 0.15) is 63.5 Å². The lowest BCUT2D eigenvalue weighted by molar-refractivity contribution is -0.141. The molecule has 2 N–H and O–H groups in total. The van der Waals surface area contributed by atoms with Crippen molar-refractivity contribution in [3.05, 3.63) is 29.6 Å². The minimum Gasteiger partial charge on any atom is -0.490 e. The zero-order valence-corrected chi connectivity index (χ0v) is 21.4. The summed E-state index contributed by atoms with van der Waals surface area (Å²) in [6.07, 6.45) is 5.54. The second-order valence-electron chi connectivity index (χ2n) is 8.38. The van der Waals surface area contributed by atoms with E-state index >= 15 is 0 Å². The van der Waals surface area contributed by atoms with E-state index in [0.717, 1.165) is 30.7 Å². The molecule has 0 aliphatic heterocycles. The lowest BCUT2D eigenvalue weighted by Crippen LogP contribution is -2.33. The number of ether oxygens (including phenoxy) is 2. The van der Waals surface area contributed by atoms with Gasteiger partial charge in [-0.3, -0.25) is 4.79 Å². The van der Waals surface area contributed by atoms with Crippen molar-refractivity contribution < 1.29 is 27.1 Å². The lowest BCUT2D eigenvalue weighted by Gasteiger charge is -2.15. The summed E-state index contributed by atoms with van der Waals surface area (Å²) in [5, 5.41) is 2.99. The molecule has 1 aliphatic rings. The van der Waals surface area contributed by atoms with Crippen LogP contribution in [0.15, 0.2) is 18.2 Å². The van der Waals surface area contributed by atoms with Gasteiger partial charge in [0.2, 0.25) is 10.0 Å². The summed E-state index contributed by atoms with van der Waals surface area (Å²) in [4.78, 5) is 11.2. The number of sulfonamides is 1. The fraction of sp³-hybridized carbons (Fsp3) is 0.682. The van der Waals surface area contributed by atoms with Crippen molar-refractivity contribution in [2.75, 3.05) is 32.1 Å². The Kier molecular flexibility index (Phi) is 11.6. The van der Waals surface area contributed by atoms with Crippen LogP contribution in [0.4, 0.5) is 4.39 Å². The maximum atomic E-state index is 14.0. The molecule has 7 nitrogen and oxygen atoms in total. The fourth-order valence-corrected chi connectivity index (χ4v) is 6.91. The molecule has 0 amide bonds. The Balaban J connectivity index is 1.65. The Morgan fingerprint density at radius 2 is 2.06 bits per heavy atom. The highest BCUT2D eigenvalue weighted by atomic mass is 32.2. The Morgan fingerprint density at radius 1 is 1.28 bits per heavy atom. The van der Waals surface area contributed by atoms with Crippen LogP contribution in [0.3, 0.4) is 0 Å². The van der Waals surface area contributed by atoms with E-state index < -0.39 is 19.7 Å². The average Bonchev–Trinajstić information content (AvgIpc) is 3.57. The van der Waals surface area contributed by atoms with Gasteiger partial charge in [0.25, 0.3) is 0 Å². The van der Waals surface area contributed by atoms with Gasteiger partial charge in [-0.2, -0.15) is 0 Å². The third-order valence-corrected chi connectivity index (χ3v) is 9.79. The quantitative estimate of drug-likeness (QED) is 0.199. The molecule has 1 atom stereocenters. The number of benzene rings is 1. The average molecular weight is 489 g/mol. The molecule has 0 bridgehead atoms. The second-order valence-corrected chi connectivity index (χ2v) is 12.8. The summed E-state index contributed by atoms with van der Waals surface area (Å²) in [5.41, 5.74) is 0.929. The van der Waals surface area contributed by atoms with E-state index in [1.165, 1.54) is 18.9 Å². The SMILES string of the molecule is CCOC(=O)CNCCCCCS(=O)(=O)N[SiH2][C@@H](C)c1ccc(F)c(OCCC2CC2)c1. The van der Waals surface area contributed by atoms with Crippen LogP contribution < -0.4 is 14.4 Å². The summed E-state index contributed by atoms with van der Waals surface area (Å²) in [6, 6.07) is 4.81. The molecular formula is C22H37FN2O5SSi. The molecule has 1 fully saturated rings. The standard InChI is InChI=1S/C22H37FN2O5SSi/c1-3-29-22(26)16-24-12-5-4-6-14-31(27,28)25-32-17(2)19-9-10-20(23)21(15-19)30-13-11-18-7-8-18/h9-10,15,17-18,24-25H,3-8,11-14,16,32H2,1-2H3/t17-/m0/s1. The van der Waals surface area contributed by atoms with E-state index in [4.69, 9.17) is 9.47 Å². The molecule has 2 rings (SSSR count). The second kappa shape index (κ2) is 13.9. The molecule has 0 heterocycles. The molecule has 0 aromatic heterocycles. The monoisotopic (exact) mass is 488 g/mol. The summed E-state index contributed by atoms with van der Waals surface area (Å²) in [5.74, 6) is 0.405. The molecule has 0 radical (unpaired) electrons. The van der Waals surface area contributed by atoms with Crippen LogP contribution in [0.2, 0.25) is 0 Å². The predicted molar refractivity (Wildman–Crippen MR) is 126 cm³/mol. The molecular weight excluding hydrogens is 451 g/mol. The van der Waals surface area contributed by atoms with Crippen molar-refractivity contribution in [1.29, 1.82) is 0 Å². The van der Waals surface area contributed by atoms with Gasteiger partial charge >= 0.3 is 5.97 Å². The minimum absolute atomic E-state index is 0.0308. The van der Waals surface area contributed by atoms with Gasteiger partial charge in [0.15, 0.2) is 11.6 Å². The molecule has 32 heavy (non-hydrogen) atoms. The number of hydrogen-bond acceptors (Lipinski definition) is 6.